The van der Waals surface area contributed by atoms with Gasteiger partial charge in [-0.05, 0) is 12.8 Å². The number of halogens is 13. The molecule has 0 radical (unpaired) electrons. The number of hydrogen-bond acceptors (Lipinski definition) is 3. The van der Waals surface area contributed by atoms with Crippen LogP contribution in [0.1, 0.15) is 64.7 Å². The third-order valence-corrected chi connectivity index (χ3v) is 6.06. The van der Waals surface area contributed by atoms with Gasteiger partial charge in [0.1, 0.15) is 0 Å². The minimum Gasteiger partial charge on any atom is -0.331 e. The van der Waals surface area contributed by atoms with Gasteiger partial charge in [0.2, 0.25) is 0 Å². The number of rotatable bonds is 18. The Morgan fingerprint density at radius 2 is 0.919 bits per heavy atom. The highest BCUT2D eigenvalue weighted by atomic mass is 19.4. The molecule has 1 unspecified atom stereocenters. The van der Waals surface area contributed by atoms with Crippen LogP contribution < -0.4 is 0 Å². The normalized spacial score (nSPS) is 15.8. The summed E-state index contributed by atoms with van der Waals surface area (Å²) in [5, 5.41) is 0. The SMILES string of the molecule is CCCCCCCCC(CCC(F)(F)C(F)(F)C(F)(F)C(F)(F)C(F)(F)C(F)(F)F)C(OC)(OC)OC. The van der Waals surface area contributed by atoms with E-state index in [4.69, 9.17) is 14.2 Å². The number of ether oxygens (including phenoxy) is 3. The van der Waals surface area contributed by atoms with E-state index < -0.39 is 60.5 Å². The third kappa shape index (κ3) is 7.14. The maximum Gasteiger partial charge on any atom is 0.460 e. The van der Waals surface area contributed by atoms with Gasteiger partial charge in [-0.15, -0.1) is 0 Å². The van der Waals surface area contributed by atoms with Crippen molar-refractivity contribution in [2.24, 2.45) is 5.92 Å². The van der Waals surface area contributed by atoms with Crippen molar-refractivity contribution >= 4 is 0 Å². The maximum atomic E-state index is 14.3. The van der Waals surface area contributed by atoms with E-state index in [-0.39, 0.29) is 12.8 Å². The van der Waals surface area contributed by atoms with E-state index in [1.165, 1.54) is 0 Å². The number of unbranched alkanes of at least 4 members (excludes halogenated alkanes) is 5. The summed E-state index contributed by atoms with van der Waals surface area (Å²) in [6.07, 6.45) is -6.99. The molecule has 0 fully saturated rings. The van der Waals surface area contributed by atoms with E-state index in [0.29, 0.717) is 12.8 Å². The Morgan fingerprint density at radius 1 is 0.514 bits per heavy atom. The zero-order chi connectivity index (χ0) is 29.6. The summed E-state index contributed by atoms with van der Waals surface area (Å²) in [6.45, 7) is 1.94. The quantitative estimate of drug-likeness (QED) is 0.0928. The van der Waals surface area contributed by atoms with Crippen LogP contribution in [0.25, 0.3) is 0 Å². The summed E-state index contributed by atoms with van der Waals surface area (Å²) >= 11 is 0. The van der Waals surface area contributed by atoms with Crippen molar-refractivity contribution in [1.29, 1.82) is 0 Å². The van der Waals surface area contributed by atoms with Crippen LogP contribution >= 0.6 is 0 Å². The predicted molar refractivity (Wildman–Crippen MR) is 105 cm³/mol. The first-order valence-corrected chi connectivity index (χ1v) is 11.2. The first kappa shape index (κ1) is 36.0. The smallest absolute Gasteiger partial charge is 0.331 e. The van der Waals surface area contributed by atoms with Crippen LogP contribution in [0.2, 0.25) is 0 Å². The van der Waals surface area contributed by atoms with Gasteiger partial charge in [0, 0.05) is 33.7 Å². The fourth-order valence-electron chi connectivity index (χ4n) is 3.73. The molecule has 0 rings (SSSR count). The number of hydrogen-bond donors (Lipinski definition) is 0. The fraction of sp³-hybridized carbons (Fsp3) is 1.00. The Morgan fingerprint density at radius 3 is 1.32 bits per heavy atom. The second kappa shape index (κ2) is 12.9. The van der Waals surface area contributed by atoms with Gasteiger partial charge in [0.05, 0.1) is 0 Å². The largest absolute Gasteiger partial charge is 0.460 e. The Bertz CT molecular complexity index is 669. The van der Waals surface area contributed by atoms with Crippen molar-refractivity contribution in [3.8, 4) is 0 Å². The lowest BCUT2D eigenvalue weighted by atomic mass is 9.87. The van der Waals surface area contributed by atoms with Crippen molar-refractivity contribution < 1.29 is 71.3 Å². The van der Waals surface area contributed by atoms with E-state index in [2.05, 4.69) is 0 Å². The van der Waals surface area contributed by atoms with Crippen LogP contribution in [0.5, 0.6) is 0 Å². The van der Waals surface area contributed by atoms with E-state index in [9.17, 15) is 57.1 Å². The lowest BCUT2D eigenvalue weighted by molar-refractivity contribution is -0.440. The average molecular weight is 578 g/mol. The molecular weight excluding hydrogens is 547 g/mol. The second-order valence-electron chi connectivity index (χ2n) is 8.51. The van der Waals surface area contributed by atoms with Crippen LogP contribution in [-0.2, 0) is 14.2 Å². The molecular formula is C21H31F13O3. The molecule has 16 heteroatoms. The molecule has 0 heterocycles. The molecule has 0 aliphatic rings. The Hall–Kier alpha value is -1.03. The van der Waals surface area contributed by atoms with E-state index in [1.807, 2.05) is 6.92 Å². The van der Waals surface area contributed by atoms with Crippen molar-refractivity contribution in [2.45, 2.75) is 106 Å². The minimum absolute atomic E-state index is 0.123. The standard InChI is InChI=1S/C21H31F13O3/c1-5-6-7-8-9-10-11-14(16(35-2,36-3)37-4)12-13-15(22,23)17(24,25)18(26,27)19(28,29)20(30,31)21(32,33)34/h14H,5-13H2,1-4H3. The summed E-state index contributed by atoms with van der Waals surface area (Å²) in [6, 6.07) is 0. The number of methoxy groups -OCH3 is 3. The Kier molecular flexibility index (Phi) is 12.5. The molecule has 224 valence electrons. The minimum atomic E-state index is -7.92. The molecule has 0 aromatic carbocycles. The highest BCUT2D eigenvalue weighted by Crippen LogP contribution is 2.61. The van der Waals surface area contributed by atoms with Crippen LogP contribution in [0.15, 0.2) is 0 Å². The first-order chi connectivity index (χ1) is 16.6. The van der Waals surface area contributed by atoms with E-state index >= 15 is 0 Å². The van der Waals surface area contributed by atoms with Gasteiger partial charge in [-0.3, -0.25) is 0 Å². The Labute approximate surface area is 206 Å². The van der Waals surface area contributed by atoms with Crippen LogP contribution in [0, 0.1) is 5.92 Å². The molecule has 0 spiro atoms. The summed E-state index contributed by atoms with van der Waals surface area (Å²) in [7, 11) is 2.92. The van der Waals surface area contributed by atoms with Crippen LogP contribution in [0.4, 0.5) is 57.1 Å². The van der Waals surface area contributed by atoms with Crippen LogP contribution in [0.3, 0.4) is 0 Å². The van der Waals surface area contributed by atoms with Gasteiger partial charge < -0.3 is 14.2 Å². The highest BCUT2D eigenvalue weighted by molar-refractivity contribution is 5.10. The summed E-state index contributed by atoms with van der Waals surface area (Å²) in [4.78, 5) is 0. The molecule has 0 aliphatic heterocycles. The number of alkyl halides is 13. The van der Waals surface area contributed by atoms with Crippen molar-refractivity contribution in [3.63, 3.8) is 0 Å². The molecule has 0 N–H and O–H groups in total. The topological polar surface area (TPSA) is 27.7 Å². The zero-order valence-corrected chi connectivity index (χ0v) is 20.6. The molecule has 37 heavy (non-hydrogen) atoms. The van der Waals surface area contributed by atoms with Gasteiger partial charge in [-0.1, -0.05) is 45.4 Å². The molecule has 3 nitrogen and oxygen atoms in total. The molecule has 0 bridgehead atoms. The monoisotopic (exact) mass is 578 g/mol. The average Bonchev–Trinajstić information content (AvgIpc) is 2.79. The molecule has 1 atom stereocenters. The second-order valence-corrected chi connectivity index (χ2v) is 8.51. The van der Waals surface area contributed by atoms with Gasteiger partial charge in [-0.25, -0.2) is 0 Å². The summed E-state index contributed by atoms with van der Waals surface area (Å²) < 4.78 is 189. The molecule has 0 saturated heterocycles. The van der Waals surface area contributed by atoms with Gasteiger partial charge in [-0.2, -0.15) is 57.1 Å². The summed E-state index contributed by atoms with van der Waals surface area (Å²) in [5.74, 6) is -40.5. The Balaban J connectivity index is 5.98. The fourth-order valence-corrected chi connectivity index (χ4v) is 3.73. The van der Waals surface area contributed by atoms with E-state index in [0.717, 1.165) is 40.6 Å². The lowest BCUT2D eigenvalue weighted by Gasteiger charge is -2.41. The molecule has 0 saturated carbocycles. The van der Waals surface area contributed by atoms with Gasteiger partial charge in [0.15, 0.2) is 0 Å². The molecule has 0 aliphatic carbocycles. The first-order valence-electron chi connectivity index (χ1n) is 11.2. The zero-order valence-electron chi connectivity index (χ0n) is 20.6. The third-order valence-electron chi connectivity index (χ3n) is 6.06. The maximum absolute atomic E-state index is 14.3. The van der Waals surface area contributed by atoms with Crippen molar-refractivity contribution in [1.82, 2.24) is 0 Å². The molecule has 0 amide bonds. The van der Waals surface area contributed by atoms with Crippen molar-refractivity contribution in [2.75, 3.05) is 21.3 Å². The van der Waals surface area contributed by atoms with Gasteiger partial charge >= 0.3 is 35.8 Å². The predicted octanol–water partition coefficient (Wildman–Crippen LogP) is 8.47. The molecule has 0 aromatic rings. The lowest BCUT2D eigenvalue weighted by Crippen LogP contribution is -2.70. The van der Waals surface area contributed by atoms with E-state index in [1.54, 1.807) is 0 Å². The molecule has 0 aromatic heterocycles. The van der Waals surface area contributed by atoms with Crippen molar-refractivity contribution in [3.05, 3.63) is 0 Å². The highest BCUT2D eigenvalue weighted by Gasteiger charge is 2.90. The summed E-state index contributed by atoms with van der Waals surface area (Å²) in [5.41, 5.74) is 0. The van der Waals surface area contributed by atoms with Crippen LogP contribution in [-0.4, -0.2) is 63.1 Å². The van der Waals surface area contributed by atoms with Gasteiger partial charge in [0.25, 0.3) is 5.97 Å².